The van der Waals surface area contributed by atoms with E-state index in [0.29, 0.717) is 0 Å². The smallest absolute Gasteiger partial charge is 0.124 e. The molecule has 0 bridgehead atoms. The van der Waals surface area contributed by atoms with Crippen molar-refractivity contribution in [2.45, 2.75) is 6.54 Å². The molecule has 0 saturated heterocycles. The highest BCUT2D eigenvalue weighted by Crippen LogP contribution is 2.21. The lowest BCUT2D eigenvalue weighted by molar-refractivity contribution is 0.414. The van der Waals surface area contributed by atoms with Gasteiger partial charge in [0, 0.05) is 24.8 Å². The Morgan fingerprint density at radius 1 is 1.15 bits per heavy atom. The van der Waals surface area contributed by atoms with Crippen LogP contribution in [0.25, 0.3) is 0 Å². The van der Waals surface area contributed by atoms with Crippen LogP contribution in [-0.4, -0.2) is 20.0 Å². The first-order valence-corrected chi connectivity index (χ1v) is 6.39. The van der Waals surface area contributed by atoms with Crippen molar-refractivity contribution in [3.63, 3.8) is 0 Å². The second-order valence-electron chi connectivity index (χ2n) is 4.63. The standard InChI is InChI=1S/C16H19N3O/c1-19(11-12-7-9-13(20-2)10-8-12)15-6-4-3-5-14(15)16(17)18/h3-10H,11H2,1-2H3,(H3,17,18). The number of anilines is 1. The van der Waals surface area contributed by atoms with Crippen LogP contribution in [0.5, 0.6) is 5.75 Å². The molecule has 0 fully saturated rings. The summed E-state index contributed by atoms with van der Waals surface area (Å²) in [6.07, 6.45) is 0. The molecule has 2 aromatic rings. The van der Waals surface area contributed by atoms with Crippen molar-refractivity contribution in [3.05, 3.63) is 59.7 Å². The number of para-hydroxylation sites is 1. The third kappa shape index (κ3) is 3.09. The van der Waals surface area contributed by atoms with E-state index in [0.717, 1.165) is 23.5 Å². The minimum Gasteiger partial charge on any atom is -0.497 e. The average Bonchev–Trinajstić information content (AvgIpc) is 2.48. The summed E-state index contributed by atoms with van der Waals surface area (Å²) in [4.78, 5) is 2.08. The quantitative estimate of drug-likeness (QED) is 0.648. The molecule has 0 spiro atoms. The molecule has 4 nitrogen and oxygen atoms in total. The van der Waals surface area contributed by atoms with Gasteiger partial charge in [-0.2, -0.15) is 0 Å². The van der Waals surface area contributed by atoms with E-state index in [9.17, 15) is 0 Å². The van der Waals surface area contributed by atoms with Crippen LogP contribution in [0.2, 0.25) is 0 Å². The number of nitrogens with one attached hydrogen (secondary N) is 1. The van der Waals surface area contributed by atoms with E-state index in [1.807, 2.05) is 55.6 Å². The van der Waals surface area contributed by atoms with Gasteiger partial charge in [-0.1, -0.05) is 24.3 Å². The van der Waals surface area contributed by atoms with Crippen molar-refractivity contribution < 1.29 is 4.74 Å². The van der Waals surface area contributed by atoms with Gasteiger partial charge in [0.05, 0.1) is 7.11 Å². The molecule has 20 heavy (non-hydrogen) atoms. The summed E-state index contributed by atoms with van der Waals surface area (Å²) in [6, 6.07) is 15.6. The van der Waals surface area contributed by atoms with Crippen LogP contribution in [0.3, 0.4) is 0 Å². The number of nitrogens with zero attached hydrogens (tertiary/aromatic N) is 1. The van der Waals surface area contributed by atoms with E-state index in [4.69, 9.17) is 15.9 Å². The Morgan fingerprint density at radius 3 is 2.40 bits per heavy atom. The lowest BCUT2D eigenvalue weighted by Gasteiger charge is -2.22. The molecule has 0 heterocycles. The molecule has 0 aliphatic heterocycles. The van der Waals surface area contributed by atoms with E-state index >= 15 is 0 Å². The van der Waals surface area contributed by atoms with Gasteiger partial charge in [-0.3, -0.25) is 5.41 Å². The maximum absolute atomic E-state index is 7.64. The number of benzene rings is 2. The maximum atomic E-state index is 7.64. The number of methoxy groups -OCH3 is 1. The van der Waals surface area contributed by atoms with Gasteiger partial charge in [-0.05, 0) is 29.8 Å². The van der Waals surface area contributed by atoms with Gasteiger partial charge in [-0.25, -0.2) is 0 Å². The zero-order valence-corrected chi connectivity index (χ0v) is 11.8. The first kappa shape index (κ1) is 13.9. The molecule has 0 aliphatic carbocycles. The number of rotatable bonds is 5. The van der Waals surface area contributed by atoms with Crippen molar-refractivity contribution in [1.82, 2.24) is 0 Å². The molecule has 0 saturated carbocycles. The minimum absolute atomic E-state index is 0.0854. The molecule has 4 heteroatoms. The highest BCUT2D eigenvalue weighted by atomic mass is 16.5. The first-order valence-electron chi connectivity index (χ1n) is 6.39. The number of nitrogens with two attached hydrogens (primary N) is 1. The zero-order valence-electron chi connectivity index (χ0n) is 11.8. The molecular formula is C16H19N3O. The van der Waals surface area contributed by atoms with Gasteiger partial charge in [-0.15, -0.1) is 0 Å². The fourth-order valence-electron chi connectivity index (χ4n) is 2.12. The highest BCUT2D eigenvalue weighted by Gasteiger charge is 2.09. The molecule has 3 N–H and O–H groups in total. The van der Waals surface area contributed by atoms with Gasteiger partial charge in [0.1, 0.15) is 11.6 Å². The Kier molecular flexibility index (Phi) is 4.25. The highest BCUT2D eigenvalue weighted by molar-refractivity contribution is 6.00. The summed E-state index contributed by atoms with van der Waals surface area (Å²) in [5.74, 6) is 0.933. The third-order valence-electron chi connectivity index (χ3n) is 3.18. The van der Waals surface area contributed by atoms with Crippen LogP contribution in [0.1, 0.15) is 11.1 Å². The molecule has 2 aromatic carbocycles. The number of hydrogen-bond donors (Lipinski definition) is 2. The van der Waals surface area contributed by atoms with E-state index in [2.05, 4.69) is 4.90 Å². The van der Waals surface area contributed by atoms with E-state index in [1.54, 1.807) is 7.11 Å². The van der Waals surface area contributed by atoms with Crippen LogP contribution in [-0.2, 0) is 6.54 Å². The second-order valence-corrected chi connectivity index (χ2v) is 4.63. The average molecular weight is 269 g/mol. The van der Waals surface area contributed by atoms with Crippen LogP contribution < -0.4 is 15.4 Å². The number of nitrogen functional groups attached to an aromatic ring is 1. The molecule has 0 amide bonds. The largest absolute Gasteiger partial charge is 0.497 e. The van der Waals surface area contributed by atoms with Crippen molar-refractivity contribution in [2.24, 2.45) is 5.73 Å². The zero-order chi connectivity index (χ0) is 14.5. The van der Waals surface area contributed by atoms with Gasteiger partial charge in [0.15, 0.2) is 0 Å². The Balaban J connectivity index is 2.19. The Bertz CT molecular complexity index is 593. The maximum Gasteiger partial charge on any atom is 0.124 e. The fraction of sp³-hybridized carbons (Fsp3) is 0.188. The summed E-state index contributed by atoms with van der Waals surface area (Å²) in [6.45, 7) is 0.744. The Hall–Kier alpha value is -2.49. The summed E-state index contributed by atoms with van der Waals surface area (Å²) >= 11 is 0. The molecule has 0 radical (unpaired) electrons. The Morgan fingerprint density at radius 2 is 1.80 bits per heavy atom. The van der Waals surface area contributed by atoms with E-state index in [-0.39, 0.29) is 5.84 Å². The fourth-order valence-corrected chi connectivity index (χ4v) is 2.12. The monoisotopic (exact) mass is 269 g/mol. The molecule has 0 aromatic heterocycles. The van der Waals surface area contributed by atoms with Gasteiger partial charge in [0.25, 0.3) is 0 Å². The van der Waals surface area contributed by atoms with E-state index < -0.39 is 0 Å². The van der Waals surface area contributed by atoms with Gasteiger partial charge < -0.3 is 15.4 Å². The predicted molar refractivity (Wildman–Crippen MR) is 82.6 cm³/mol. The number of hydrogen-bond acceptors (Lipinski definition) is 3. The SMILES string of the molecule is COc1ccc(CN(C)c2ccccc2C(=N)N)cc1. The number of ether oxygens (including phenoxy) is 1. The normalized spacial score (nSPS) is 10.1. The van der Waals surface area contributed by atoms with Gasteiger partial charge in [0.2, 0.25) is 0 Å². The lowest BCUT2D eigenvalue weighted by Crippen LogP contribution is -2.21. The molecular weight excluding hydrogens is 250 g/mol. The first-order chi connectivity index (χ1) is 9.61. The van der Waals surface area contributed by atoms with Crippen LogP contribution in [0, 0.1) is 5.41 Å². The van der Waals surface area contributed by atoms with Crippen molar-refractivity contribution in [3.8, 4) is 5.75 Å². The summed E-state index contributed by atoms with van der Waals surface area (Å²) < 4.78 is 5.15. The van der Waals surface area contributed by atoms with Crippen LogP contribution in [0.4, 0.5) is 5.69 Å². The van der Waals surface area contributed by atoms with Crippen molar-refractivity contribution in [1.29, 1.82) is 5.41 Å². The van der Waals surface area contributed by atoms with E-state index in [1.165, 1.54) is 5.56 Å². The number of amidine groups is 1. The molecule has 0 atom stereocenters. The topological polar surface area (TPSA) is 62.3 Å². The van der Waals surface area contributed by atoms with Crippen LogP contribution >= 0.6 is 0 Å². The summed E-state index contributed by atoms with van der Waals surface area (Å²) in [7, 11) is 3.65. The molecule has 104 valence electrons. The molecule has 0 aliphatic rings. The molecule has 2 rings (SSSR count). The predicted octanol–water partition coefficient (Wildman–Crippen LogP) is 2.62. The second kappa shape index (κ2) is 6.10. The van der Waals surface area contributed by atoms with Crippen molar-refractivity contribution >= 4 is 11.5 Å². The lowest BCUT2D eigenvalue weighted by atomic mass is 10.1. The summed E-state index contributed by atoms with van der Waals surface area (Å²) in [5, 5.41) is 7.64. The third-order valence-corrected chi connectivity index (χ3v) is 3.18. The minimum atomic E-state index is 0.0854. The summed E-state index contributed by atoms with van der Waals surface area (Å²) in [5.41, 5.74) is 8.50. The van der Waals surface area contributed by atoms with Crippen molar-refractivity contribution in [2.75, 3.05) is 19.1 Å². The Labute approximate surface area is 119 Å². The van der Waals surface area contributed by atoms with Gasteiger partial charge >= 0.3 is 0 Å². The molecule has 0 unspecified atom stereocenters. The van der Waals surface area contributed by atoms with Crippen LogP contribution in [0.15, 0.2) is 48.5 Å².